The van der Waals surface area contributed by atoms with E-state index in [0.29, 0.717) is 28.8 Å². The molecule has 2 aromatic carbocycles. The molecule has 7 heteroatoms. The Hall–Kier alpha value is -2.73. The average molecular weight is 361 g/mol. The number of nitrogens with zero attached hydrogens (tertiary/aromatic N) is 1. The van der Waals surface area contributed by atoms with E-state index in [9.17, 15) is 9.59 Å². The number of fused-ring (bicyclic) bond motifs is 1. The van der Waals surface area contributed by atoms with Gasteiger partial charge in [0.2, 0.25) is 18.6 Å². The Morgan fingerprint density at radius 3 is 2.68 bits per heavy atom. The summed E-state index contributed by atoms with van der Waals surface area (Å²) < 4.78 is 10.6. The monoisotopic (exact) mass is 360 g/mol. The normalized spacial score (nSPS) is 11.9. The van der Waals surface area contributed by atoms with Crippen molar-refractivity contribution in [3.63, 3.8) is 0 Å². The summed E-state index contributed by atoms with van der Waals surface area (Å²) in [6.07, 6.45) is 0. The van der Waals surface area contributed by atoms with Crippen LogP contribution in [0.25, 0.3) is 0 Å². The van der Waals surface area contributed by atoms with Crippen molar-refractivity contribution in [1.29, 1.82) is 0 Å². The molecule has 0 radical (unpaired) electrons. The molecule has 1 heterocycles. The van der Waals surface area contributed by atoms with Gasteiger partial charge in [0, 0.05) is 13.5 Å². The van der Waals surface area contributed by atoms with Gasteiger partial charge in [-0.15, -0.1) is 0 Å². The summed E-state index contributed by atoms with van der Waals surface area (Å²) in [6, 6.07) is 12.4. The van der Waals surface area contributed by atoms with Gasteiger partial charge in [-0.2, -0.15) is 0 Å². The molecule has 0 spiro atoms. The highest BCUT2D eigenvalue weighted by atomic mass is 35.5. The number of halogens is 1. The van der Waals surface area contributed by atoms with E-state index in [1.54, 1.807) is 30.3 Å². The Kier molecular flexibility index (Phi) is 5.09. The van der Waals surface area contributed by atoms with Gasteiger partial charge >= 0.3 is 0 Å². The molecule has 2 aromatic rings. The molecule has 0 bridgehead atoms. The number of rotatable bonds is 5. The number of hydrogen-bond acceptors (Lipinski definition) is 4. The molecular formula is C18H17ClN2O4. The second-order valence-corrected chi connectivity index (χ2v) is 6.00. The van der Waals surface area contributed by atoms with Crippen molar-refractivity contribution >= 4 is 29.1 Å². The van der Waals surface area contributed by atoms with E-state index in [2.05, 4.69) is 5.32 Å². The first-order valence-corrected chi connectivity index (χ1v) is 8.09. The van der Waals surface area contributed by atoms with E-state index < -0.39 is 0 Å². The summed E-state index contributed by atoms with van der Waals surface area (Å²) in [5.74, 6) is 0.798. The third kappa shape index (κ3) is 4.22. The van der Waals surface area contributed by atoms with Gasteiger partial charge in [0.15, 0.2) is 11.5 Å². The summed E-state index contributed by atoms with van der Waals surface area (Å²) in [7, 11) is 0. The zero-order chi connectivity index (χ0) is 17.8. The number of carbonyl (C=O) groups is 2. The summed E-state index contributed by atoms with van der Waals surface area (Å²) in [5, 5.41) is 3.16. The van der Waals surface area contributed by atoms with Gasteiger partial charge in [0.25, 0.3) is 0 Å². The van der Waals surface area contributed by atoms with Gasteiger partial charge in [-0.3, -0.25) is 9.59 Å². The van der Waals surface area contributed by atoms with E-state index in [-0.39, 0.29) is 25.2 Å². The maximum absolute atomic E-state index is 12.2. The van der Waals surface area contributed by atoms with Crippen LogP contribution in [0.4, 0.5) is 5.69 Å². The second kappa shape index (κ2) is 7.44. The highest BCUT2D eigenvalue weighted by Gasteiger charge is 2.18. The van der Waals surface area contributed by atoms with Crippen molar-refractivity contribution in [3.8, 4) is 11.5 Å². The van der Waals surface area contributed by atoms with Gasteiger partial charge in [-0.1, -0.05) is 29.8 Å². The minimum absolute atomic E-state index is 0.0744. The number of ether oxygens (including phenoxy) is 2. The zero-order valence-electron chi connectivity index (χ0n) is 13.6. The zero-order valence-corrected chi connectivity index (χ0v) is 14.4. The molecule has 1 aliphatic rings. The molecule has 1 N–H and O–H groups in total. The number of anilines is 1. The predicted octanol–water partition coefficient (Wildman–Crippen LogP) is 3.06. The van der Waals surface area contributed by atoms with Crippen LogP contribution >= 0.6 is 11.6 Å². The average Bonchev–Trinajstić information content (AvgIpc) is 3.04. The van der Waals surface area contributed by atoms with Gasteiger partial charge in [-0.05, 0) is 29.8 Å². The molecule has 2 amide bonds. The first kappa shape index (κ1) is 17.1. The predicted molar refractivity (Wildman–Crippen MR) is 93.7 cm³/mol. The van der Waals surface area contributed by atoms with Crippen molar-refractivity contribution in [2.24, 2.45) is 0 Å². The smallest absolute Gasteiger partial charge is 0.244 e. The first-order valence-electron chi connectivity index (χ1n) is 7.71. The van der Waals surface area contributed by atoms with Crippen molar-refractivity contribution in [2.45, 2.75) is 13.5 Å². The summed E-state index contributed by atoms with van der Waals surface area (Å²) in [4.78, 5) is 25.6. The third-order valence-corrected chi connectivity index (χ3v) is 4.07. The largest absolute Gasteiger partial charge is 0.454 e. The third-order valence-electron chi connectivity index (χ3n) is 3.74. The fourth-order valence-electron chi connectivity index (χ4n) is 2.46. The molecule has 0 aromatic heterocycles. The van der Waals surface area contributed by atoms with E-state index in [1.165, 1.54) is 11.8 Å². The van der Waals surface area contributed by atoms with Crippen LogP contribution in [0.3, 0.4) is 0 Å². The van der Waals surface area contributed by atoms with Crippen molar-refractivity contribution in [1.82, 2.24) is 4.90 Å². The summed E-state index contributed by atoms with van der Waals surface area (Å²) in [6.45, 7) is 1.84. The molecule has 0 saturated heterocycles. The van der Waals surface area contributed by atoms with E-state index in [0.717, 1.165) is 5.56 Å². The highest BCUT2D eigenvalue weighted by Crippen LogP contribution is 2.32. The number of para-hydroxylation sites is 1. The van der Waals surface area contributed by atoms with Crippen LogP contribution in [0.5, 0.6) is 11.5 Å². The van der Waals surface area contributed by atoms with E-state index in [4.69, 9.17) is 21.1 Å². The number of hydrogen-bond donors (Lipinski definition) is 1. The lowest BCUT2D eigenvalue weighted by Crippen LogP contribution is -2.36. The lowest BCUT2D eigenvalue weighted by Gasteiger charge is -2.21. The molecule has 0 fully saturated rings. The Bertz CT molecular complexity index is 809. The van der Waals surface area contributed by atoms with Crippen molar-refractivity contribution in [2.75, 3.05) is 18.7 Å². The molecule has 0 aliphatic carbocycles. The Labute approximate surface area is 150 Å². The molecule has 0 unspecified atom stereocenters. The SMILES string of the molecule is CC(=O)N(CC(=O)Nc1ccccc1Cl)Cc1ccc2c(c1)OCO2. The Morgan fingerprint density at radius 1 is 1.16 bits per heavy atom. The van der Waals surface area contributed by atoms with Crippen LogP contribution in [0.2, 0.25) is 5.02 Å². The summed E-state index contributed by atoms with van der Waals surface area (Å²) >= 11 is 6.03. The van der Waals surface area contributed by atoms with Crippen LogP contribution in [0.1, 0.15) is 12.5 Å². The Morgan fingerprint density at radius 2 is 1.92 bits per heavy atom. The maximum atomic E-state index is 12.2. The molecule has 6 nitrogen and oxygen atoms in total. The highest BCUT2D eigenvalue weighted by molar-refractivity contribution is 6.33. The molecule has 25 heavy (non-hydrogen) atoms. The van der Waals surface area contributed by atoms with Crippen LogP contribution in [-0.4, -0.2) is 30.1 Å². The van der Waals surface area contributed by atoms with Crippen LogP contribution < -0.4 is 14.8 Å². The van der Waals surface area contributed by atoms with Gasteiger partial charge in [0.1, 0.15) is 6.54 Å². The minimum Gasteiger partial charge on any atom is -0.454 e. The molecular weight excluding hydrogens is 344 g/mol. The first-order chi connectivity index (χ1) is 12.0. The van der Waals surface area contributed by atoms with Crippen LogP contribution in [-0.2, 0) is 16.1 Å². The van der Waals surface area contributed by atoms with Crippen LogP contribution in [0.15, 0.2) is 42.5 Å². The topological polar surface area (TPSA) is 67.9 Å². The van der Waals surface area contributed by atoms with E-state index >= 15 is 0 Å². The fraction of sp³-hybridized carbons (Fsp3) is 0.222. The van der Waals surface area contributed by atoms with Gasteiger partial charge in [-0.25, -0.2) is 0 Å². The van der Waals surface area contributed by atoms with Gasteiger partial charge < -0.3 is 19.7 Å². The van der Waals surface area contributed by atoms with Crippen molar-refractivity contribution in [3.05, 3.63) is 53.1 Å². The lowest BCUT2D eigenvalue weighted by molar-refractivity contribution is -0.133. The fourth-order valence-corrected chi connectivity index (χ4v) is 2.65. The maximum Gasteiger partial charge on any atom is 0.244 e. The Balaban J connectivity index is 1.66. The lowest BCUT2D eigenvalue weighted by atomic mass is 10.2. The quantitative estimate of drug-likeness (QED) is 0.889. The molecule has 3 rings (SSSR count). The molecule has 0 atom stereocenters. The second-order valence-electron chi connectivity index (χ2n) is 5.59. The number of amides is 2. The molecule has 130 valence electrons. The van der Waals surface area contributed by atoms with Gasteiger partial charge in [0.05, 0.1) is 10.7 Å². The van der Waals surface area contributed by atoms with Crippen LogP contribution in [0, 0.1) is 0 Å². The number of nitrogens with one attached hydrogen (secondary N) is 1. The standard InChI is InChI=1S/C18H17ClN2O4/c1-12(22)21(9-13-6-7-16-17(8-13)25-11-24-16)10-18(23)20-15-5-3-2-4-14(15)19/h2-8H,9-11H2,1H3,(H,20,23). The van der Waals surface area contributed by atoms with Crippen molar-refractivity contribution < 1.29 is 19.1 Å². The summed E-state index contributed by atoms with van der Waals surface area (Å²) in [5.41, 5.74) is 1.37. The number of carbonyl (C=O) groups excluding carboxylic acids is 2. The molecule has 1 aliphatic heterocycles. The number of benzene rings is 2. The van der Waals surface area contributed by atoms with E-state index in [1.807, 2.05) is 12.1 Å². The molecule has 0 saturated carbocycles. The minimum atomic E-state index is -0.316.